The molecule has 32 heavy (non-hydrogen) atoms. The van der Waals surface area contributed by atoms with E-state index < -0.39 is 57.5 Å². The van der Waals surface area contributed by atoms with Gasteiger partial charge in [0, 0.05) is 11.1 Å². The highest BCUT2D eigenvalue weighted by atomic mass is 16.5. The summed E-state index contributed by atoms with van der Waals surface area (Å²) in [6.07, 6.45) is 0. The Morgan fingerprint density at radius 3 is 2.25 bits per heavy atom. The third kappa shape index (κ3) is 3.62. The van der Waals surface area contributed by atoms with Gasteiger partial charge in [0.2, 0.25) is 0 Å². The SMILES string of the molecule is COc1ccc(-c2c(C(=O)O)c(N)[nH]c(=O)c2C(=O)O)cc1CN1C(=O)NC(C)(C)C1=O. The van der Waals surface area contributed by atoms with Crippen LogP contribution in [-0.4, -0.2) is 56.6 Å². The Morgan fingerprint density at radius 2 is 1.75 bits per heavy atom. The topological polar surface area (TPSA) is 192 Å². The summed E-state index contributed by atoms with van der Waals surface area (Å²) in [7, 11) is 1.35. The molecule has 0 aliphatic carbocycles. The first-order chi connectivity index (χ1) is 14.9. The first-order valence-electron chi connectivity index (χ1n) is 9.22. The van der Waals surface area contributed by atoms with Gasteiger partial charge in [-0.25, -0.2) is 14.4 Å². The number of nitrogens with two attached hydrogens (primary N) is 1. The fourth-order valence-corrected chi connectivity index (χ4v) is 3.52. The second-order valence-electron chi connectivity index (χ2n) is 7.58. The number of methoxy groups -OCH3 is 1. The summed E-state index contributed by atoms with van der Waals surface area (Å²) in [5, 5.41) is 21.7. The second kappa shape index (κ2) is 7.72. The van der Waals surface area contributed by atoms with E-state index in [4.69, 9.17) is 10.5 Å². The standard InChI is InChI=1S/C20H20N4O8/c1-20(2)18(30)24(19(31)23-20)7-9-6-8(4-5-10(9)32-3)11-12(16(26)27)14(21)22-15(25)13(11)17(28)29/h4-6H,7H2,1-3H3,(H,23,31)(H,26,27)(H,28,29)(H3,21,22,25). The lowest BCUT2D eigenvalue weighted by molar-refractivity contribution is -0.130. The number of carbonyl (C=O) groups is 4. The number of pyridine rings is 1. The maximum atomic E-state index is 12.6. The summed E-state index contributed by atoms with van der Waals surface area (Å²) in [6.45, 7) is 2.84. The van der Waals surface area contributed by atoms with Crippen LogP contribution in [0.5, 0.6) is 5.75 Å². The number of nitrogens with zero attached hydrogens (tertiary/aromatic N) is 1. The van der Waals surface area contributed by atoms with E-state index in [1.165, 1.54) is 39.2 Å². The number of aromatic amines is 1. The zero-order chi connectivity index (χ0) is 24.0. The normalized spacial score (nSPS) is 14.9. The number of nitrogens with one attached hydrogen (secondary N) is 2. The average molecular weight is 444 g/mol. The van der Waals surface area contributed by atoms with Crippen LogP contribution in [0.1, 0.15) is 40.1 Å². The third-order valence-corrected chi connectivity index (χ3v) is 5.01. The highest BCUT2D eigenvalue weighted by molar-refractivity contribution is 6.08. The van der Waals surface area contributed by atoms with E-state index >= 15 is 0 Å². The molecule has 0 spiro atoms. The second-order valence-corrected chi connectivity index (χ2v) is 7.58. The van der Waals surface area contributed by atoms with Gasteiger partial charge in [-0.15, -0.1) is 0 Å². The van der Waals surface area contributed by atoms with Crippen LogP contribution >= 0.6 is 0 Å². The summed E-state index contributed by atoms with van der Waals surface area (Å²) in [4.78, 5) is 63.6. The molecule has 1 saturated heterocycles. The van der Waals surface area contributed by atoms with Crippen LogP contribution in [0.2, 0.25) is 0 Å². The molecule has 12 nitrogen and oxygen atoms in total. The molecule has 0 unspecified atom stereocenters. The van der Waals surface area contributed by atoms with E-state index in [0.29, 0.717) is 0 Å². The molecule has 0 radical (unpaired) electrons. The molecular weight excluding hydrogens is 424 g/mol. The number of hydrogen-bond acceptors (Lipinski definition) is 7. The molecule has 1 aromatic heterocycles. The van der Waals surface area contributed by atoms with Crippen molar-refractivity contribution in [1.29, 1.82) is 0 Å². The van der Waals surface area contributed by atoms with Crippen molar-refractivity contribution in [2.45, 2.75) is 25.9 Å². The molecule has 3 amide bonds. The van der Waals surface area contributed by atoms with Crippen molar-refractivity contribution in [3.63, 3.8) is 0 Å². The van der Waals surface area contributed by atoms with Crippen LogP contribution in [0.25, 0.3) is 11.1 Å². The van der Waals surface area contributed by atoms with E-state index in [0.717, 1.165) is 4.90 Å². The minimum atomic E-state index is -1.66. The van der Waals surface area contributed by atoms with Crippen LogP contribution in [0.3, 0.4) is 0 Å². The summed E-state index contributed by atoms with van der Waals surface area (Å²) >= 11 is 0. The van der Waals surface area contributed by atoms with Gasteiger partial charge in [-0.1, -0.05) is 6.07 Å². The predicted molar refractivity (Wildman–Crippen MR) is 111 cm³/mol. The van der Waals surface area contributed by atoms with E-state index in [2.05, 4.69) is 5.32 Å². The van der Waals surface area contributed by atoms with Crippen LogP contribution in [-0.2, 0) is 11.3 Å². The molecule has 1 aliphatic rings. The molecule has 1 aliphatic heterocycles. The Morgan fingerprint density at radius 1 is 1.12 bits per heavy atom. The molecule has 1 fully saturated rings. The molecular formula is C20H20N4O8. The van der Waals surface area contributed by atoms with Crippen LogP contribution in [0, 0.1) is 0 Å². The Labute approximate surface area is 180 Å². The molecule has 12 heteroatoms. The molecule has 0 atom stereocenters. The van der Waals surface area contributed by atoms with E-state index in [1.54, 1.807) is 0 Å². The summed E-state index contributed by atoms with van der Waals surface area (Å²) in [6, 6.07) is 3.47. The fraction of sp³-hybridized carbons (Fsp3) is 0.250. The number of carbonyl (C=O) groups excluding carboxylic acids is 2. The number of amides is 3. The molecule has 1 aromatic carbocycles. The number of urea groups is 1. The molecule has 2 heterocycles. The molecule has 0 saturated carbocycles. The first-order valence-corrected chi connectivity index (χ1v) is 9.22. The lowest BCUT2D eigenvalue weighted by atomic mass is 9.93. The van der Waals surface area contributed by atoms with Crippen molar-refractivity contribution in [3.05, 3.63) is 45.2 Å². The van der Waals surface area contributed by atoms with Gasteiger partial charge in [0.25, 0.3) is 11.5 Å². The zero-order valence-electron chi connectivity index (χ0n) is 17.3. The van der Waals surface area contributed by atoms with E-state index in [-0.39, 0.29) is 23.4 Å². The van der Waals surface area contributed by atoms with Crippen molar-refractivity contribution in [2.24, 2.45) is 0 Å². The number of rotatable bonds is 6. The summed E-state index contributed by atoms with van der Waals surface area (Å²) < 4.78 is 5.28. The Kier molecular flexibility index (Phi) is 5.39. The molecule has 6 N–H and O–H groups in total. The number of carboxylic acids is 2. The number of hydrogen-bond donors (Lipinski definition) is 5. The number of benzene rings is 1. The Hall–Kier alpha value is -4.35. The molecule has 168 valence electrons. The van der Waals surface area contributed by atoms with E-state index in [1.807, 2.05) is 4.98 Å². The number of nitrogen functional groups attached to an aromatic ring is 1. The van der Waals surface area contributed by atoms with Crippen molar-refractivity contribution in [2.75, 3.05) is 12.8 Å². The van der Waals surface area contributed by atoms with Crippen molar-refractivity contribution in [3.8, 4) is 16.9 Å². The van der Waals surface area contributed by atoms with Gasteiger partial charge in [-0.2, -0.15) is 0 Å². The van der Waals surface area contributed by atoms with Crippen molar-refractivity contribution < 1.29 is 34.1 Å². The molecule has 2 aromatic rings. The zero-order valence-corrected chi connectivity index (χ0v) is 17.3. The maximum absolute atomic E-state index is 12.6. The van der Waals surface area contributed by atoms with Gasteiger partial charge in [-0.05, 0) is 31.5 Å². The average Bonchev–Trinajstić information content (AvgIpc) is 2.88. The minimum Gasteiger partial charge on any atom is -0.496 e. The number of ether oxygens (including phenoxy) is 1. The minimum absolute atomic E-state index is 0.0275. The number of aromatic nitrogens is 1. The van der Waals surface area contributed by atoms with Crippen LogP contribution in [0.15, 0.2) is 23.0 Å². The highest BCUT2D eigenvalue weighted by Crippen LogP contribution is 2.33. The predicted octanol–water partition coefficient (Wildman–Crippen LogP) is 0.859. The van der Waals surface area contributed by atoms with Gasteiger partial charge in [-0.3, -0.25) is 14.5 Å². The van der Waals surface area contributed by atoms with Crippen molar-refractivity contribution in [1.82, 2.24) is 15.2 Å². The Bertz CT molecular complexity index is 1230. The van der Waals surface area contributed by atoms with Crippen LogP contribution in [0.4, 0.5) is 10.6 Å². The quantitative estimate of drug-likeness (QED) is 0.402. The van der Waals surface area contributed by atoms with Gasteiger partial charge in [0.05, 0.1) is 13.7 Å². The Balaban J connectivity index is 2.23. The molecule has 0 bridgehead atoms. The number of H-pyrrole nitrogens is 1. The van der Waals surface area contributed by atoms with Crippen LogP contribution < -0.4 is 21.3 Å². The number of imide groups is 1. The number of aromatic carboxylic acids is 2. The summed E-state index contributed by atoms with van der Waals surface area (Å²) in [5.74, 6) is -3.96. The van der Waals surface area contributed by atoms with Gasteiger partial charge in [0.15, 0.2) is 0 Å². The van der Waals surface area contributed by atoms with Gasteiger partial charge in [0.1, 0.15) is 28.2 Å². The monoisotopic (exact) mass is 444 g/mol. The fourth-order valence-electron chi connectivity index (χ4n) is 3.52. The number of anilines is 1. The van der Waals surface area contributed by atoms with Crippen molar-refractivity contribution >= 4 is 29.7 Å². The maximum Gasteiger partial charge on any atom is 0.342 e. The lowest BCUT2D eigenvalue weighted by Gasteiger charge is -2.19. The number of carboxylic acid groups (broad SMARTS) is 2. The van der Waals surface area contributed by atoms with E-state index in [9.17, 15) is 34.2 Å². The smallest absolute Gasteiger partial charge is 0.342 e. The summed E-state index contributed by atoms with van der Waals surface area (Å²) in [5.41, 5.74) is 1.94. The third-order valence-electron chi connectivity index (χ3n) is 5.01. The largest absolute Gasteiger partial charge is 0.496 e. The lowest BCUT2D eigenvalue weighted by Crippen LogP contribution is -2.40. The molecule has 3 rings (SSSR count). The van der Waals surface area contributed by atoms with Gasteiger partial charge >= 0.3 is 18.0 Å². The first kappa shape index (κ1) is 22.3. The van der Waals surface area contributed by atoms with Gasteiger partial charge < -0.3 is 31.0 Å². The highest BCUT2D eigenvalue weighted by Gasteiger charge is 2.44.